The zero-order valence-electron chi connectivity index (χ0n) is 14.2. The number of hydrogen-bond acceptors (Lipinski definition) is 3. The SMILES string of the molecule is CC(C)c1ccccc1NC(=O)/C(C#N)=C\NCc1cccc(Br)c1. The van der Waals surface area contributed by atoms with Gasteiger partial charge in [-0.1, -0.05) is 60.1 Å². The standard InChI is InChI=1S/C20H20BrN3O/c1-14(2)18-8-3-4-9-19(18)24-20(25)16(11-22)13-23-12-15-6-5-7-17(21)10-15/h3-10,13-14,23H,12H2,1-2H3,(H,24,25)/b16-13-. The third-order valence-electron chi connectivity index (χ3n) is 3.64. The Balaban J connectivity index is 2.05. The molecule has 0 spiro atoms. The molecule has 2 rings (SSSR count). The second-order valence-corrected chi connectivity index (χ2v) is 6.79. The molecule has 0 heterocycles. The van der Waals surface area contributed by atoms with Crippen LogP contribution in [0.25, 0.3) is 0 Å². The molecule has 2 N–H and O–H groups in total. The van der Waals surface area contributed by atoms with Crippen LogP contribution in [0.15, 0.2) is 64.8 Å². The van der Waals surface area contributed by atoms with Gasteiger partial charge in [-0.3, -0.25) is 4.79 Å². The summed E-state index contributed by atoms with van der Waals surface area (Å²) in [6.07, 6.45) is 1.45. The van der Waals surface area contributed by atoms with Gasteiger partial charge in [-0.25, -0.2) is 0 Å². The molecule has 25 heavy (non-hydrogen) atoms. The van der Waals surface area contributed by atoms with Gasteiger partial charge in [0.15, 0.2) is 0 Å². The Morgan fingerprint density at radius 3 is 2.68 bits per heavy atom. The van der Waals surface area contributed by atoms with E-state index in [-0.39, 0.29) is 11.5 Å². The summed E-state index contributed by atoms with van der Waals surface area (Å²) in [7, 11) is 0. The molecular weight excluding hydrogens is 378 g/mol. The van der Waals surface area contributed by atoms with Crippen LogP contribution in [-0.2, 0) is 11.3 Å². The van der Waals surface area contributed by atoms with Crippen molar-refractivity contribution in [1.82, 2.24) is 5.32 Å². The van der Waals surface area contributed by atoms with E-state index in [1.54, 1.807) is 0 Å². The second-order valence-electron chi connectivity index (χ2n) is 5.88. The number of hydrogen-bond donors (Lipinski definition) is 2. The van der Waals surface area contributed by atoms with Gasteiger partial charge < -0.3 is 10.6 Å². The number of amides is 1. The van der Waals surface area contributed by atoms with Crippen LogP contribution in [-0.4, -0.2) is 5.91 Å². The fraction of sp³-hybridized carbons (Fsp3) is 0.200. The highest BCUT2D eigenvalue weighted by Crippen LogP contribution is 2.24. The van der Waals surface area contributed by atoms with Crippen molar-refractivity contribution >= 4 is 27.5 Å². The quantitative estimate of drug-likeness (QED) is 0.547. The van der Waals surface area contributed by atoms with Crippen molar-refractivity contribution in [2.75, 3.05) is 5.32 Å². The molecule has 1 amide bonds. The van der Waals surface area contributed by atoms with E-state index < -0.39 is 5.91 Å². The van der Waals surface area contributed by atoms with Crippen LogP contribution in [0, 0.1) is 11.3 Å². The van der Waals surface area contributed by atoms with Gasteiger partial charge in [-0.05, 0) is 35.2 Å². The van der Waals surface area contributed by atoms with Crippen LogP contribution < -0.4 is 10.6 Å². The molecule has 0 aromatic heterocycles. The maximum absolute atomic E-state index is 12.4. The molecule has 0 aliphatic carbocycles. The van der Waals surface area contributed by atoms with Crippen molar-refractivity contribution < 1.29 is 4.79 Å². The Kier molecular flexibility index (Phi) is 6.79. The molecule has 4 nitrogen and oxygen atoms in total. The van der Waals surface area contributed by atoms with Gasteiger partial charge in [0.05, 0.1) is 0 Å². The molecular formula is C20H20BrN3O. The minimum absolute atomic E-state index is 0.0357. The Hall–Kier alpha value is -2.58. The van der Waals surface area contributed by atoms with Crippen LogP contribution >= 0.6 is 15.9 Å². The van der Waals surface area contributed by atoms with Gasteiger partial charge in [0.1, 0.15) is 11.6 Å². The smallest absolute Gasteiger partial charge is 0.267 e. The summed E-state index contributed by atoms with van der Waals surface area (Å²) in [6.45, 7) is 4.65. The van der Waals surface area contributed by atoms with Gasteiger partial charge in [0.25, 0.3) is 5.91 Å². The number of nitriles is 1. The van der Waals surface area contributed by atoms with Crippen molar-refractivity contribution in [3.8, 4) is 6.07 Å². The lowest BCUT2D eigenvalue weighted by Crippen LogP contribution is -2.17. The molecule has 2 aromatic carbocycles. The number of rotatable bonds is 6. The van der Waals surface area contributed by atoms with Crippen molar-refractivity contribution in [3.05, 3.63) is 75.9 Å². The second kappa shape index (κ2) is 9.05. The van der Waals surface area contributed by atoms with Gasteiger partial charge in [0, 0.05) is 22.9 Å². The predicted octanol–water partition coefficient (Wildman–Crippen LogP) is 4.71. The number of para-hydroxylation sites is 1. The minimum atomic E-state index is -0.419. The number of anilines is 1. The fourth-order valence-corrected chi connectivity index (χ4v) is 2.82. The number of nitrogens with one attached hydrogen (secondary N) is 2. The summed E-state index contributed by atoms with van der Waals surface area (Å²) < 4.78 is 0.985. The van der Waals surface area contributed by atoms with E-state index in [4.69, 9.17) is 0 Å². The van der Waals surface area contributed by atoms with Gasteiger partial charge >= 0.3 is 0 Å². The summed E-state index contributed by atoms with van der Waals surface area (Å²) in [5, 5.41) is 15.1. The molecule has 0 fully saturated rings. The Bertz CT molecular complexity index is 822. The van der Waals surface area contributed by atoms with E-state index in [0.717, 1.165) is 21.3 Å². The first-order valence-corrected chi connectivity index (χ1v) is 8.79. The van der Waals surface area contributed by atoms with E-state index in [0.29, 0.717) is 6.54 Å². The first-order chi connectivity index (χ1) is 12.0. The molecule has 0 unspecified atom stereocenters. The highest BCUT2D eigenvalue weighted by atomic mass is 79.9. The van der Waals surface area contributed by atoms with Crippen molar-refractivity contribution in [2.45, 2.75) is 26.3 Å². The fourth-order valence-electron chi connectivity index (χ4n) is 2.37. The largest absolute Gasteiger partial charge is 0.386 e. The van der Waals surface area contributed by atoms with E-state index in [1.165, 1.54) is 6.20 Å². The van der Waals surface area contributed by atoms with E-state index in [9.17, 15) is 10.1 Å². The minimum Gasteiger partial charge on any atom is -0.386 e. The zero-order chi connectivity index (χ0) is 18.2. The first kappa shape index (κ1) is 18.8. The van der Waals surface area contributed by atoms with E-state index >= 15 is 0 Å². The summed E-state index contributed by atoms with van der Waals surface area (Å²) >= 11 is 3.42. The average molecular weight is 398 g/mol. The first-order valence-electron chi connectivity index (χ1n) is 7.99. The summed E-state index contributed by atoms with van der Waals surface area (Å²) in [6, 6.07) is 17.4. The number of nitrogens with zero attached hydrogens (tertiary/aromatic N) is 1. The molecule has 0 saturated carbocycles. The average Bonchev–Trinajstić information content (AvgIpc) is 2.59. The van der Waals surface area contributed by atoms with Crippen LogP contribution in [0.4, 0.5) is 5.69 Å². The number of carbonyl (C=O) groups excluding carboxylic acids is 1. The third-order valence-corrected chi connectivity index (χ3v) is 4.13. The predicted molar refractivity (Wildman–Crippen MR) is 104 cm³/mol. The normalized spacial score (nSPS) is 11.1. The molecule has 0 atom stereocenters. The molecule has 0 aliphatic heterocycles. The van der Waals surface area contributed by atoms with Crippen molar-refractivity contribution in [3.63, 3.8) is 0 Å². The zero-order valence-corrected chi connectivity index (χ0v) is 15.8. The molecule has 0 saturated heterocycles. The number of halogens is 1. The molecule has 2 aromatic rings. The lowest BCUT2D eigenvalue weighted by molar-refractivity contribution is -0.112. The van der Waals surface area contributed by atoms with Crippen LogP contribution in [0.5, 0.6) is 0 Å². The van der Waals surface area contributed by atoms with Gasteiger partial charge in [0.2, 0.25) is 0 Å². The lowest BCUT2D eigenvalue weighted by Gasteiger charge is -2.13. The summed E-state index contributed by atoms with van der Waals surface area (Å²) in [5.74, 6) is -0.141. The molecule has 0 aliphatic rings. The molecule has 5 heteroatoms. The van der Waals surface area contributed by atoms with Crippen molar-refractivity contribution in [2.24, 2.45) is 0 Å². The number of benzene rings is 2. The molecule has 0 bridgehead atoms. The van der Waals surface area contributed by atoms with Gasteiger partial charge in [-0.2, -0.15) is 5.26 Å². The van der Waals surface area contributed by atoms with Crippen LogP contribution in [0.3, 0.4) is 0 Å². The summed E-state index contributed by atoms with van der Waals surface area (Å²) in [4.78, 5) is 12.4. The summed E-state index contributed by atoms with van der Waals surface area (Å²) in [5.41, 5.74) is 2.85. The van der Waals surface area contributed by atoms with Gasteiger partial charge in [-0.15, -0.1) is 0 Å². The molecule has 128 valence electrons. The highest BCUT2D eigenvalue weighted by Gasteiger charge is 2.12. The Labute approximate surface area is 156 Å². The Morgan fingerprint density at radius 1 is 1.24 bits per heavy atom. The highest BCUT2D eigenvalue weighted by molar-refractivity contribution is 9.10. The van der Waals surface area contributed by atoms with E-state index in [2.05, 4.69) is 40.4 Å². The molecule has 0 radical (unpaired) electrons. The topological polar surface area (TPSA) is 64.9 Å². The maximum atomic E-state index is 12.4. The Morgan fingerprint density at radius 2 is 2.00 bits per heavy atom. The maximum Gasteiger partial charge on any atom is 0.267 e. The monoisotopic (exact) mass is 397 g/mol. The number of carbonyl (C=O) groups is 1. The third kappa shape index (κ3) is 5.47. The van der Waals surface area contributed by atoms with E-state index in [1.807, 2.05) is 54.6 Å². The van der Waals surface area contributed by atoms with Crippen LogP contribution in [0.1, 0.15) is 30.9 Å². The lowest BCUT2D eigenvalue weighted by atomic mass is 10.0. The van der Waals surface area contributed by atoms with Crippen molar-refractivity contribution in [1.29, 1.82) is 5.26 Å². The van der Waals surface area contributed by atoms with Crippen LogP contribution in [0.2, 0.25) is 0 Å².